The molecule has 0 aliphatic rings. The molecule has 0 aliphatic heterocycles. The number of aliphatic hydroxyl groups is 1. The molecule has 0 spiro atoms. The summed E-state index contributed by atoms with van der Waals surface area (Å²) >= 11 is 0. The Hall–Kier alpha value is -2.53. The Bertz CT molecular complexity index is 1140. The molecule has 2 aromatic rings. The van der Waals surface area contributed by atoms with Gasteiger partial charge >= 0.3 is 0 Å². The van der Waals surface area contributed by atoms with Crippen molar-refractivity contribution in [3.05, 3.63) is 65.0 Å². The van der Waals surface area contributed by atoms with Crippen molar-refractivity contribution in [2.24, 2.45) is 5.73 Å². The van der Waals surface area contributed by atoms with Gasteiger partial charge in [0.2, 0.25) is 15.9 Å². The second-order valence-electron chi connectivity index (χ2n) is 9.61. The molecule has 8 nitrogen and oxygen atoms in total. The number of sulfonamides is 1. The lowest BCUT2D eigenvalue weighted by Crippen LogP contribution is -2.46. The van der Waals surface area contributed by atoms with Crippen LogP contribution in [0.1, 0.15) is 49.8 Å². The normalized spacial score (nSPS) is 13.4. The molecule has 0 unspecified atom stereocenters. The SMILES string of the molecule is CCCN(CCC)S(=O)(=O)CCC(=O)N(Cc1cccc(OC)c1)C[C@@H](O)[C@@H](N)Cc1ccc(C)c(F)c1. The van der Waals surface area contributed by atoms with Crippen LogP contribution in [0.4, 0.5) is 4.39 Å². The third-order valence-corrected chi connectivity index (χ3v) is 8.25. The fraction of sp³-hybridized carbons (Fsp3) is 0.536. The van der Waals surface area contributed by atoms with E-state index in [1.165, 1.54) is 15.3 Å². The zero-order chi connectivity index (χ0) is 28.3. The summed E-state index contributed by atoms with van der Waals surface area (Å²) in [5, 5.41) is 10.9. The number of ether oxygens (including phenoxy) is 1. The molecule has 0 bridgehead atoms. The molecule has 2 aromatic carbocycles. The molecule has 212 valence electrons. The van der Waals surface area contributed by atoms with Gasteiger partial charge in [-0.3, -0.25) is 4.79 Å². The Kier molecular flexibility index (Phi) is 12.6. The highest BCUT2D eigenvalue weighted by atomic mass is 32.2. The van der Waals surface area contributed by atoms with Gasteiger partial charge in [-0.05, 0) is 61.1 Å². The standard InChI is InChI=1S/C28H42FN3O5S/c1-5-13-32(14-6-2)38(35,36)15-12-28(34)31(19-23-8-7-9-24(16-23)37-4)20-27(33)26(30)18-22-11-10-21(3)25(29)17-22/h7-11,16-17,26-27,33H,5-6,12-15,18-20,30H2,1-4H3/t26-,27+/m0/s1. The van der Waals surface area contributed by atoms with Gasteiger partial charge in [0.15, 0.2) is 0 Å². The molecular weight excluding hydrogens is 509 g/mol. The molecule has 10 heteroatoms. The Morgan fingerprint density at radius 2 is 1.79 bits per heavy atom. The van der Waals surface area contributed by atoms with Crippen molar-refractivity contribution in [1.82, 2.24) is 9.21 Å². The molecule has 0 aromatic heterocycles. The predicted octanol–water partition coefficient (Wildman–Crippen LogP) is 3.24. The molecule has 0 aliphatic carbocycles. The van der Waals surface area contributed by atoms with Crippen LogP contribution in [0.2, 0.25) is 0 Å². The van der Waals surface area contributed by atoms with Crippen LogP contribution >= 0.6 is 0 Å². The lowest BCUT2D eigenvalue weighted by atomic mass is 10.00. The van der Waals surface area contributed by atoms with Crippen LogP contribution in [0.5, 0.6) is 5.75 Å². The third kappa shape index (κ3) is 9.65. The summed E-state index contributed by atoms with van der Waals surface area (Å²) in [5.41, 5.74) is 8.17. The summed E-state index contributed by atoms with van der Waals surface area (Å²) in [4.78, 5) is 14.7. The van der Waals surface area contributed by atoms with Crippen molar-refractivity contribution >= 4 is 15.9 Å². The van der Waals surface area contributed by atoms with E-state index >= 15 is 0 Å². The van der Waals surface area contributed by atoms with Crippen molar-refractivity contribution in [1.29, 1.82) is 0 Å². The van der Waals surface area contributed by atoms with Gasteiger partial charge in [0.05, 0.1) is 19.0 Å². The summed E-state index contributed by atoms with van der Waals surface area (Å²) < 4.78 is 46.5. The first kappa shape index (κ1) is 31.7. The molecule has 0 radical (unpaired) electrons. The monoisotopic (exact) mass is 551 g/mol. The first-order chi connectivity index (χ1) is 18.0. The quantitative estimate of drug-likeness (QED) is 0.331. The van der Waals surface area contributed by atoms with Crippen LogP contribution < -0.4 is 10.5 Å². The van der Waals surface area contributed by atoms with Crippen molar-refractivity contribution in [2.45, 2.75) is 65.1 Å². The lowest BCUT2D eigenvalue weighted by molar-refractivity contribution is -0.133. The molecule has 2 atom stereocenters. The van der Waals surface area contributed by atoms with Crippen molar-refractivity contribution in [2.75, 3.05) is 32.5 Å². The second-order valence-corrected chi connectivity index (χ2v) is 11.7. The number of hydrogen-bond acceptors (Lipinski definition) is 6. The van der Waals surface area contributed by atoms with E-state index in [0.29, 0.717) is 42.8 Å². The Morgan fingerprint density at radius 3 is 2.39 bits per heavy atom. The fourth-order valence-corrected chi connectivity index (χ4v) is 5.78. The summed E-state index contributed by atoms with van der Waals surface area (Å²) in [6.07, 6.45) is 0.258. The molecule has 1 amide bonds. The van der Waals surface area contributed by atoms with Gasteiger partial charge in [0.25, 0.3) is 0 Å². The number of carbonyl (C=O) groups is 1. The van der Waals surface area contributed by atoms with Crippen LogP contribution in [-0.2, 0) is 27.8 Å². The molecule has 0 saturated carbocycles. The van der Waals surface area contributed by atoms with Crippen LogP contribution in [0, 0.1) is 12.7 Å². The van der Waals surface area contributed by atoms with E-state index in [0.717, 1.165) is 5.56 Å². The van der Waals surface area contributed by atoms with Gasteiger partial charge in [-0.15, -0.1) is 0 Å². The van der Waals surface area contributed by atoms with Crippen LogP contribution in [0.3, 0.4) is 0 Å². The highest BCUT2D eigenvalue weighted by Crippen LogP contribution is 2.17. The first-order valence-corrected chi connectivity index (χ1v) is 14.7. The maximum atomic E-state index is 14.0. The number of nitrogens with two attached hydrogens (primary N) is 1. The van der Waals surface area contributed by atoms with E-state index in [1.54, 1.807) is 44.4 Å². The number of benzene rings is 2. The fourth-order valence-electron chi connectivity index (χ4n) is 4.17. The third-order valence-electron chi connectivity index (χ3n) is 6.38. The largest absolute Gasteiger partial charge is 0.497 e. The van der Waals surface area contributed by atoms with E-state index in [2.05, 4.69) is 0 Å². The van der Waals surface area contributed by atoms with Gasteiger partial charge in [-0.2, -0.15) is 0 Å². The Morgan fingerprint density at radius 1 is 1.11 bits per heavy atom. The van der Waals surface area contributed by atoms with Crippen molar-refractivity contribution < 1.29 is 27.4 Å². The molecule has 3 N–H and O–H groups in total. The number of carbonyl (C=O) groups excluding carboxylic acids is 1. The molecular formula is C28H42FN3O5S. The summed E-state index contributed by atoms with van der Waals surface area (Å²) in [6.45, 7) is 6.35. The number of nitrogens with zero attached hydrogens (tertiary/aromatic N) is 2. The van der Waals surface area contributed by atoms with Crippen LogP contribution in [0.25, 0.3) is 0 Å². The van der Waals surface area contributed by atoms with Crippen LogP contribution in [0.15, 0.2) is 42.5 Å². The smallest absolute Gasteiger partial charge is 0.224 e. The maximum absolute atomic E-state index is 14.0. The highest BCUT2D eigenvalue weighted by molar-refractivity contribution is 7.89. The van der Waals surface area contributed by atoms with Gasteiger partial charge in [-0.25, -0.2) is 17.1 Å². The highest BCUT2D eigenvalue weighted by Gasteiger charge is 2.26. The molecule has 38 heavy (non-hydrogen) atoms. The van der Waals surface area contributed by atoms with Crippen LogP contribution in [-0.4, -0.2) is 73.3 Å². The summed E-state index contributed by atoms with van der Waals surface area (Å²) in [6, 6.07) is 11.2. The minimum absolute atomic E-state index is 0.0980. The topological polar surface area (TPSA) is 113 Å². The number of aryl methyl sites for hydroxylation is 1. The van der Waals surface area contributed by atoms with E-state index in [4.69, 9.17) is 10.5 Å². The van der Waals surface area contributed by atoms with Gasteiger partial charge < -0.3 is 20.5 Å². The van der Waals surface area contributed by atoms with E-state index in [9.17, 15) is 22.7 Å². The minimum atomic E-state index is -3.61. The number of halogens is 1. The average Bonchev–Trinajstić information content (AvgIpc) is 2.89. The van der Waals surface area contributed by atoms with Gasteiger partial charge in [0.1, 0.15) is 11.6 Å². The number of methoxy groups -OCH3 is 1. The average molecular weight is 552 g/mol. The lowest BCUT2D eigenvalue weighted by Gasteiger charge is -2.29. The Balaban J connectivity index is 2.17. The molecule has 2 rings (SSSR count). The minimum Gasteiger partial charge on any atom is -0.497 e. The zero-order valence-electron chi connectivity index (χ0n) is 22.9. The van der Waals surface area contributed by atoms with Gasteiger partial charge in [0, 0.05) is 38.6 Å². The number of rotatable bonds is 16. The number of aliphatic hydroxyl groups excluding tert-OH is 1. The zero-order valence-corrected chi connectivity index (χ0v) is 23.7. The second kappa shape index (κ2) is 15.2. The molecule has 0 fully saturated rings. The van der Waals surface area contributed by atoms with E-state index in [1.807, 2.05) is 19.9 Å². The Labute approximate surface area is 226 Å². The van der Waals surface area contributed by atoms with E-state index < -0.39 is 28.1 Å². The molecule has 0 heterocycles. The maximum Gasteiger partial charge on any atom is 0.224 e. The van der Waals surface area contributed by atoms with Crippen molar-refractivity contribution in [3.8, 4) is 5.75 Å². The van der Waals surface area contributed by atoms with Crippen molar-refractivity contribution in [3.63, 3.8) is 0 Å². The number of amides is 1. The summed E-state index contributed by atoms with van der Waals surface area (Å²) in [7, 11) is -2.07. The predicted molar refractivity (Wildman–Crippen MR) is 148 cm³/mol. The first-order valence-electron chi connectivity index (χ1n) is 13.1. The summed E-state index contributed by atoms with van der Waals surface area (Å²) in [5.74, 6) is -0.450. The number of hydrogen-bond donors (Lipinski definition) is 2. The van der Waals surface area contributed by atoms with E-state index in [-0.39, 0.29) is 37.5 Å². The van der Waals surface area contributed by atoms with Gasteiger partial charge in [-0.1, -0.05) is 38.1 Å². The molecule has 0 saturated heterocycles.